The van der Waals surface area contributed by atoms with Gasteiger partial charge in [0.15, 0.2) is 0 Å². The molecule has 0 aromatic heterocycles. The minimum absolute atomic E-state index is 0.269. The maximum absolute atomic E-state index is 12.5. The van der Waals surface area contributed by atoms with Crippen molar-refractivity contribution in [2.24, 2.45) is 0 Å². The van der Waals surface area contributed by atoms with Crippen LogP contribution in [0, 0.1) is 0 Å². The van der Waals surface area contributed by atoms with Gasteiger partial charge in [0, 0.05) is 11.4 Å². The van der Waals surface area contributed by atoms with Crippen molar-refractivity contribution >= 4 is 27.7 Å². The summed E-state index contributed by atoms with van der Waals surface area (Å²) in [5.74, 6) is -0.566. The van der Waals surface area contributed by atoms with E-state index in [-0.39, 0.29) is 18.4 Å². The standard InChI is InChI=1S/C16H14BrNO2/c1-12(19)18(11-13-7-3-2-4-8-13)16(20)14-9-5-6-10-15(14)17/h2-10H,11H2,1H3. The molecule has 0 aliphatic carbocycles. The van der Waals surface area contributed by atoms with Crippen LogP contribution in [-0.2, 0) is 11.3 Å². The van der Waals surface area contributed by atoms with Crippen molar-refractivity contribution < 1.29 is 9.59 Å². The first-order chi connectivity index (χ1) is 9.59. The van der Waals surface area contributed by atoms with Crippen LogP contribution in [0.3, 0.4) is 0 Å². The van der Waals surface area contributed by atoms with Gasteiger partial charge >= 0.3 is 0 Å². The third kappa shape index (κ3) is 3.33. The fourth-order valence-corrected chi connectivity index (χ4v) is 2.33. The zero-order valence-electron chi connectivity index (χ0n) is 11.0. The molecule has 20 heavy (non-hydrogen) atoms. The highest BCUT2D eigenvalue weighted by molar-refractivity contribution is 9.10. The highest BCUT2D eigenvalue weighted by atomic mass is 79.9. The molecule has 0 fully saturated rings. The summed E-state index contributed by atoms with van der Waals surface area (Å²) in [5, 5.41) is 0. The van der Waals surface area contributed by atoms with Crippen molar-refractivity contribution in [2.75, 3.05) is 0 Å². The Morgan fingerprint density at radius 2 is 1.60 bits per heavy atom. The topological polar surface area (TPSA) is 37.4 Å². The van der Waals surface area contributed by atoms with E-state index in [9.17, 15) is 9.59 Å². The van der Waals surface area contributed by atoms with E-state index in [1.807, 2.05) is 36.4 Å². The van der Waals surface area contributed by atoms with Crippen LogP contribution in [0.1, 0.15) is 22.8 Å². The Hall–Kier alpha value is -1.94. The molecule has 0 heterocycles. The Kier molecular flexibility index (Phi) is 4.69. The normalized spacial score (nSPS) is 10.1. The summed E-state index contributed by atoms with van der Waals surface area (Å²) < 4.78 is 0.685. The van der Waals surface area contributed by atoms with Crippen LogP contribution in [0.5, 0.6) is 0 Å². The zero-order chi connectivity index (χ0) is 14.5. The smallest absolute Gasteiger partial charge is 0.261 e. The molecule has 0 aliphatic heterocycles. The molecule has 0 aliphatic rings. The number of hydrogen-bond acceptors (Lipinski definition) is 2. The maximum atomic E-state index is 12.5. The molecule has 2 aromatic carbocycles. The van der Waals surface area contributed by atoms with Crippen molar-refractivity contribution in [2.45, 2.75) is 13.5 Å². The van der Waals surface area contributed by atoms with Crippen LogP contribution < -0.4 is 0 Å². The largest absolute Gasteiger partial charge is 0.275 e. The Balaban J connectivity index is 2.28. The predicted molar refractivity (Wildman–Crippen MR) is 81.1 cm³/mol. The van der Waals surface area contributed by atoms with Gasteiger partial charge in [-0.1, -0.05) is 42.5 Å². The van der Waals surface area contributed by atoms with Gasteiger partial charge in [0.25, 0.3) is 5.91 Å². The third-order valence-electron chi connectivity index (χ3n) is 2.91. The maximum Gasteiger partial charge on any atom is 0.261 e. The second-order valence-corrected chi connectivity index (χ2v) is 5.23. The Morgan fingerprint density at radius 3 is 2.20 bits per heavy atom. The van der Waals surface area contributed by atoms with E-state index in [2.05, 4.69) is 15.9 Å². The van der Waals surface area contributed by atoms with Gasteiger partial charge in [-0.2, -0.15) is 0 Å². The minimum Gasteiger partial charge on any atom is -0.275 e. The van der Waals surface area contributed by atoms with Crippen molar-refractivity contribution in [3.8, 4) is 0 Å². The van der Waals surface area contributed by atoms with Gasteiger partial charge in [-0.25, -0.2) is 0 Å². The number of hydrogen-bond donors (Lipinski definition) is 0. The number of amides is 2. The fraction of sp³-hybridized carbons (Fsp3) is 0.125. The number of rotatable bonds is 3. The average molecular weight is 332 g/mol. The molecule has 102 valence electrons. The Labute approximate surface area is 126 Å². The van der Waals surface area contributed by atoms with Crippen LogP contribution in [0.15, 0.2) is 59.1 Å². The van der Waals surface area contributed by atoms with Gasteiger partial charge in [0.2, 0.25) is 5.91 Å². The van der Waals surface area contributed by atoms with Gasteiger partial charge < -0.3 is 0 Å². The van der Waals surface area contributed by atoms with Crippen molar-refractivity contribution in [3.05, 3.63) is 70.2 Å². The van der Waals surface area contributed by atoms with E-state index in [1.165, 1.54) is 11.8 Å². The molecule has 0 bridgehead atoms. The summed E-state index contributed by atoms with van der Waals surface area (Å²) in [5.41, 5.74) is 1.40. The molecule has 2 amide bonds. The highest BCUT2D eigenvalue weighted by Gasteiger charge is 2.21. The number of nitrogens with zero attached hydrogens (tertiary/aromatic N) is 1. The lowest BCUT2D eigenvalue weighted by Crippen LogP contribution is -2.34. The van der Waals surface area contributed by atoms with E-state index in [0.29, 0.717) is 10.0 Å². The molecule has 2 aromatic rings. The van der Waals surface area contributed by atoms with E-state index in [1.54, 1.807) is 18.2 Å². The molecule has 0 spiro atoms. The van der Waals surface area contributed by atoms with Crippen molar-refractivity contribution in [1.82, 2.24) is 4.90 Å². The molecular weight excluding hydrogens is 318 g/mol. The summed E-state index contributed by atoms with van der Waals surface area (Å²) in [6, 6.07) is 16.5. The van der Waals surface area contributed by atoms with Crippen molar-refractivity contribution in [1.29, 1.82) is 0 Å². The van der Waals surface area contributed by atoms with Crippen LogP contribution in [0.25, 0.3) is 0 Å². The summed E-state index contributed by atoms with van der Waals surface area (Å²) >= 11 is 3.34. The van der Waals surface area contributed by atoms with Gasteiger partial charge in [-0.3, -0.25) is 14.5 Å². The quantitative estimate of drug-likeness (QED) is 0.861. The van der Waals surface area contributed by atoms with Crippen molar-refractivity contribution in [3.63, 3.8) is 0 Å². The number of halogens is 1. The second kappa shape index (κ2) is 6.48. The van der Waals surface area contributed by atoms with Crippen LogP contribution in [0.4, 0.5) is 0 Å². The molecule has 3 nitrogen and oxygen atoms in total. The first-order valence-electron chi connectivity index (χ1n) is 6.20. The summed E-state index contributed by atoms with van der Waals surface area (Å²) in [4.78, 5) is 25.5. The van der Waals surface area contributed by atoms with Gasteiger partial charge in [0.1, 0.15) is 0 Å². The molecule has 4 heteroatoms. The number of carbonyl (C=O) groups excluding carboxylic acids is 2. The van der Waals surface area contributed by atoms with Crippen LogP contribution in [0.2, 0.25) is 0 Å². The van der Waals surface area contributed by atoms with E-state index < -0.39 is 0 Å². The van der Waals surface area contributed by atoms with Gasteiger partial charge in [0.05, 0.1) is 12.1 Å². The molecule has 0 saturated heterocycles. The van der Waals surface area contributed by atoms with Crippen LogP contribution >= 0.6 is 15.9 Å². The van der Waals surface area contributed by atoms with E-state index in [0.717, 1.165) is 5.56 Å². The molecular formula is C16H14BrNO2. The number of carbonyl (C=O) groups is 2. The summed E-state index contributed by atoms with van der Waals surface area (Å²) in [7, 11) is 0. The lowest BCUT2D eigenvalue weighted by Gasteiger charge is -2.20. The molecule has 2 rings (SSSR count). The number of imide groups is 1. The van der Waals surface area contributed by atoms with Gasteiger partial charge in [-0.05, 0) is 33.6 Å². The monoisotopic (exact) mass is 331 g/mol. The van der Waals surface area contributed by atoms with Gasteiger partial charge in [-0.15, -0.1) is 0 Å². The fourth-order valence-electron chi connectivity index (χ4n) is 1.87. The molecule has 0 N–H and O–H groups in total. The minimum atomic E-state index is -0.297. The van der Waals surface area contributed by atoms with E-state index >= 15 is 0 Å². The molecule has 0 atom stereocenters. The first-order valence-corrected chi connectivity index (χ1v) is 7.00. The summed E-state index contributed by atoms with van der Waals surface area (Å²) in [6.07, 6.45) is 0. The Morgan fingerprint density at radius 1 is 1.00 bits per heavy atom. The molecule has 0 radical (unpaired) electrons. The molecule has 0 saturated carbocycles. The van der Waals surface area contributed by atoms with Crippen LogP contribution in [-0.4, -0.2) is 16.7 Å². The number of benzene rings is 2. The second-order valence-electron chi connectivity index (χ2n) is 4.38. The predicted octanol–water partition coefficient (Wildman–Crippen LogP) is 3.64. The third-order valence-corrected chi connectivity index (χ3v) is 3.60. The van der Waals surface area contributed by atoms with E-state index in [4.69, 9.17) is 0 Å². The lowest BCUT2D eigenvalue weighted by molar-refractivity contribution is -0.126. The SMILES string of the molecule is CC(=O)N(Cc1ccccc1)C(=O)c1ccccc1Br. The lowest BCUT2D eigenvalue weighted by atomic mass is 10.1. The average Bonchev–Trinajstić information content (AvgIpc) is 2.45. The molecule has 0 unspecified atom stereocenters. The Bertz CT molecular complexity index is 625. The summed E-state index contributed by atoms with van der Waals surface area (Å²) in [6.45, 7) is 1.67. The first kappa shape index (κ1) is 14.5. The highest BCUT2D eigenvalue weighted by Crippen LogP contribution is 2.19. The zero-order valence-corrected chi connectivity index (χ0v) is 12.6.